The minimum absolute atomic E-state index is 0.686. The summed E-state index contributed by atoms with van der Waals surface area (Å²) in [6.07, 6.45) is 3.71. The van der Waals surface area contributed by atoms with E-state index < -0.39 is 0 Å². The van der Waals surface area contributed by atoms with Crippen molar-refractivity contribution in [2.75, 3.05) is 0 Å². The molecule has 0 bridgehead atoms. The number of thiophene rings is 1. The Morgan fingerprint density at radius 3 is 1.69 bits per heavy atom. The Morgan fingerprint density at radius 1 is 0.431 bits per heavy atom. The highest BCUT2D eigenvalue weighted by atomic mass is 32.1. The van der Waals surface area contributed by atoms with Gasteiger partial charge in [-0.05, 0) is 76.3 Å². The van der Waals surface area contributed by atoms with Crippen molar-refractivity contribution in [1.82, 2.24) is 15.0 Å². The molecular weight excluding hydrogens is 641 g/mol. The van der Waals surface area contributed by atoms with Gasteiger partial charge in [0, 0.05) is 54.8 Å². The molecule has 0 amide bonds. The summed E-state index contributed by atoms with van der Waals surface area (Å²) in [7, 11) is 0. The second kappa shape index (κ2) is 12.9. The van der Waals surface area contributed by atoms with Crippen LogP contribution in [0.25, 0.3) is 87.5 Å². The van der Waals surface area contributed by atoms with Gasteiger partial charge >= 0.3 is 0 Å². The smallest absolute Gasteiger partial charge is 0.160 e. The first-order valence-corrected chi connectivity index (χ1v) is 17.5. The first-order valence-electron chi connectivity index (χ1n) is 16.7. The molecule has 0 aliphatic heterocycles. The zero-order valence-corrected chi connectivity index (χ0v) is 28.2. The van der Waals surface area contributed by atoms with E-state index in [0.717, 1.165) is 66.2 Å². The SMILES string of the molecule is N#Cc1ccc2c(c1)sc1cc(-c3ccc(-c4cc(-c5cccnc5)cc(-c5cc(-c6ccccc6)nc(-c6ccccc6)n5)c4)cc3)ccc12. The molecule has 0 saturated carbocycles. The highest BCUT2D eigenvalue weighted by molar-refractivity contribution is 7.25. The first kappa shape index (κ1) is 30.3. The van der Waals surface area contributed by atoms with Crippen molar-refractivity contribution in [3.63, 3.8) is 0 Å². The maximum absolute atomic E-state index is 9.37. The number of nitrogens with zero attached hydrogens (tertiary/aromatic N) is 4. The van der Waals surface area contributed by atoms with E-state index in [1.54, 1.807) is 17.5 Å². The van der Waals surface area contributed by atoms with Crippen LogP contribution in [0.2, 0.25) is 0 Å². The topological polar surface area (TPSA) is 62.5 Å². The van der Waals surface area contributed by atoms with Gasteiger partial charge in [0.1, 0.15) is 0 Å². The molecule has 0 saturated heterocycles. The number of pyridine rings is 1. The van der Waals surface area contributed by atoms with Gasteiger partial charge in [-0.3, -0.25) is 4.98 Å². The normalized spacial score (nSPS) is 11.1. The standard InChI is InChI=1S/C46H28N4S/c47-28-30-13-19-40-41-20-18-35(26-45(41)51-44(40)22-30)31-14-16-32(17-15-31)37-23-38(36-12-7-21-48-29-36)25-39(24-37)43-27-42(33-8-3-1-4-9-33)49-46(50-43)34-10-5-2-6-11-34/h1-27,29H. The monoisotopic (exact) mass is 668 g/mol. The lowest BCUT2D eigenvalue weighted by atomic mass is 9.94. The number of hydrogen-bond acceptors (Lipinski definition) is 5. The lowest BCUT2D eigenvalue weighted by Gasteiger charge is -2.13. The minimum Gasteiger partial charge on any atom is -0.264 e. The predicted molar refractivity (Wildman–Crippen MR) is 210 cm³/mol. The van der Waals surface area contributed by atoms with Crippen molar-refractivity contribution in [3.8, 4) is 73.4 Å². The van der Waals surface area contributed by atoms with E-state index >= 15 is 0 Å². The van der Waals surface area contributed by atoms with Gasteiger partial charge in [0.05, 0.1) is 23.0 Å². The summed E-state index contributed by atoms with van der Waals surface area (Å²) in [6, 6.07) is 56.8. The Bertz CT molecular complexity index is 2670. The number of benzene rings is 6. The van der Waals surface area contributed by atoms with E-state index in [1.807, 2.05) is 60.8 Å². The molecule has 3 heterocycles. The molecule has 0 unspecified atom stereocenters. The Morgan fingerprint density at radius 2 is 1.00 bits per heavy atom. The van der Waals surface area contributed by atoms with Gasteiger partial charge < -0.3 is 0 Å². The number of hydrogen-bond donors (Lipinski definition) is 0. The molecule has 0 aliphatic carbocycles. The third-order valence-corrected chi connectivity index (χ3v) is 10.3. The zero-order chi connectivity index (χ0) is 34.1. The van der Waals surface area contributed by atoms with Crippen LogP contribution in [0.15, 0.2) is 170 Å². The molecule has 238 valence electrons. The molecule has 0 atom stereocenters. The average molecular weight is 669 g/mol. The van der Waals surface area contributed by atoms with Crippen LogP contribution in [-0.4, -0.2) is 15.0 Å². The summed E-state index contributed by atoms with van der Waals surface area (Å²) in [5.41, 5.74) is 12.0. The molecule has 9 aromatic rings. The van der Waals surface area contributed by atoms with E-state index in [-0.39, 0.29) is 0 Å². The van der Waals surface area contributed by atoms with Crippen LogP contribution < -0.4 is 0 Å². The molecule has 0 radical (unpaired) electrons. The van der Waals surface area contributed by atoms with Crippen molar-refractivity contribution in [1.29, 1.82) is 5.26 Å². The maximum atomic E-state index is 9.37. The summed E-state index contributed by atoms with van der Waals surface area (Å²) < 4.78 is 2.35. The lowest BCUT2D eigenvalue weighted by molar-refractivity contribution is 1.18. The highest BCUT2D eigenvalue weighted by Crippen LogP contribution is 2.38. The Kier molecular flexibility index (Phi) is 7.70. The molecule has 0 N–H and O–H groups in total. The van der Waals surface area contributed by atoms with E-state index in [9.17, 15) is 5.26 Å². The third-order valence-electron chi connectivity index (χ3n) is 9.21. The van der Waals surface area contributed by atoms with Crippen LogP contribution in [0.4, 0.5) is 0 Å². The van der Waals surface area contributed by atoms with Crippen LogP contribution in [0.3, 0.4) is 0 Å². The van der Waals surface area contributed by atoms with Crippen molar-refractivity contribution in [3.05, 3.63) is 176 Å². The molecule has 51 heavy (non-hydrogen) atoms. The number of nitriles is 1. The van der Waals surface area contributed by atoms with Crippen molar-refractivity contribution in [2.24, 2.45) is 0 Å². The fourth-order valence-corrected chi connectivity index (χ4v) is 7.78. The molecule has 5 heteroatoms. The van der Waals surface area contributed by atoms with Crippen LogP contribution in [0.5, 0.6) is 0 Å². The highest BCUT2D eigenvalue weighted by Gasteiger charge is 2.14. The maximum Gasteiger partial charge on any atom is 0.160 e. The summed E-state index contributed by atoms with van der Waals surface area (Å²) in [6.45, 7) is 0. The first-order chi connectivity index (χ1) is 25.2. The number of aromatic nitrogens is 3. The second-order valence-electron chi connectivity index (χ2n) is 12.4. The second-order valence-corrected chi connectivity index (χ2v) is 13.5. The molecule has 0 fully saturated rings. The fourth-order valence-electron chi connectivity index (χ4n) is 6.59. The molecule has 0 spiro atoms. The van der Waals surface area contributed by atoms with Gasteiger partial charge in [-0.1, -0.05) is 109 Å². The van der Waals surface area contributed by atoms with Gasteiger partial charge in [-0.15, -0.1) is 11.3 Å². The van der Waals surface area contributed by atoms with Crippen LogP contribution in [0.1, 0.15) is 5.56 Å². The minimum atomic E-state index is 0.686. The Labute approximate surface area is 299 Å². The van der Waals surface area contributed by atoms with Crippen molar-refractivity contribution in [2.45, 2.75) is 0 Å². The van der Waals surface area contributed by atoms with Gasteiger partial charge in [-0.2, -0.15) is 5.26 Å². The largest absolute Gasteiger partial charge is 0.264 e. The quantitative estimate of drug-likeness (QED) is 0.177. The molecule has 0 aliphatic rings. The van der Waals surface area contributed by atoms with Crippen LogP contribution in [0, 0.1) is 11.3 Å². The molecular formula is C46H28N4S. The van der Waals surface area contributed by atoms with E-state index in [2.05, 4.69) is 114 Å². The summed E-state index contributed by atoms with van der Waals surface area (Å²) >= 11 is 1.73. The molecule has 3 aromatic heterocycles. The lowest BCUT2D eigenvalue weighted by Crippen LogP contribution is -1.96. The molecule has 9 rings (SSSR count). The van der Waals surface area contributed by atoms with Gasteiger partial charge in [0.25, 0.3) is 0 Å². The third kappa shape index (κ3) is 5.95. The Hall–Kier alpha value is -6.74. The summed E-state index contributed by atoms with van der Waals surface area (Å²) in [5, 5.41) is 11.8. The summed E-state index contributed by atoms with van der Waals surface area (Å²) in [5.74, 6) is 0.686. The summed E-state index contributed by atoms with van der Waals surface area (Å²) in [4.78, 5) is 14.6. The van der Waals surface area contributed by atoms with Gasteiger partial charge in [0.15, 0.2) is 5.82 Å². The number of rotatable bonds is 6. The van der Waals surface area contributed by atoms with Crippen LogP contribution in [-0.2, 0) is 0 Å². The van der Waals surface area contributed by atoms with Gasteiger partial charge in [0.2, 0.25) is 0 Å². The average Bonchev–Trinajstić information content (AvgIpc) is 3.58. The van der Waals surface area contributed by atoms with Crippen LogP contribution >= 0.6 is 11.3 Å². The number of fused-ring (bicyclic) bond motifs is 3. The van der Waals surface area contributed by atoms with E-state index in [1.165, 1.54) is 15.5 Å². The zero-order valence-electron chi connectivity index (χ0n) is 27.4. The van der Waals surface area contributed by atoms with Crippen molar-refractivity contribution < 1.29 is 0 Å². The molecule has 4 nitrogen and oxygen atoms in total. The van der Waals surface area contributed by atoms with E-state index in [4.69, 9.17) is 9.97 Å². The molecule has 6 aromatic carbocycles. The predicted octanol–water partition coefficient (Wildman–Crippen LogP) is 12.1. The van der Waals surface area contributed by atoms with Gasteiger partial charge in [-0.25, -0.2) is 9.97 Å². The fraction of sp³-hybridized carbons (Fsp3) is 0. The Balaban J connectivity index is 1.14. The van der Waals surface area contributed by atoms with E-state index in [0.29, 0.717) is 11.4 Å². The van der Waals surface area contributed by atoms with Crippen molar-refractivity contribution >= 4 is 31.5 Å².